The molecule has 0 fully saturated rings. The molecule has 0 aliphatic heterocycles. The highest BCUT2D eigenvalue weighted by Gasteiger charge is 2.12. The van der Waals surface area contributed by atoms with Crippen LogP contribution in [0.1, 0.15) is 25.0 Å². The lowest BCUT2D eigenvalue weighted by atomic mass is 10.0. The molecule has 3 aromatic rings. The van der Waals surface area contributed by atoms with Crippen LogP contribution >= 0.6 is 0 Å². The molecule has 0 saturated carbocycles. The van der Waals surface area contributed by atoms with Gasteiger partial charge in [-0.3, -0.25) is 0 Å². The normalized spacial score (nSPS) is 12.0. The minimum absolute atomic E-state index is 0.178. The van der Waals surface area contributed by atoms with Gasteiger partial charge in [-0.15, -0.1) is 0 Å². The molecule has 0 radical (unpaired) electrons. The molecule has 0 atom stereocenters. The van der Waals surface area contributed by atoms with Crippen LogP contribution in [0.3, 0.4) is 0 Å². The molecule has 2 nitrogen and oxygen atoms in total. The van der Waals surface area contributed by atoms with Gasteiger partial charge in [-0.05, 0) is 67.1 Å². The summed E-state index contributed by atoms with van der Waals surface area (Å²) >= 11 is 0. The summed E-state index contributed by atoms with van der Waals surface area (Å²) in [5.74, 6) is -0.395. The lowest BCUT2D eigenvalue weighted by molar-refractivity contribution is 0.340. The first-order valence-electron chi connectivity index (χ1n) is 8.58. The summed E-state index contributed by atoms with van der Waals surface area (Å²) in [5.41, 5.74) is 0.380. The average Bonchev–Trinajstić information content (AvgIpc) is 2.67. The quantitative estimate of drug-likeness (QED) is 0.477. The van der Waals surface area contributed by atoms with Gasteiger partial charge in [-0.25, -0.2) is 8.78 Å². The first-order chi connectivity index (χ1) is 12.6. The van der Waals surface area contributed by atoms with Crippen LogP contribution < -0.4 is 9.47 Å². The molecule has 0 bridgehead atoms. The maximum atomic E-state index is 14.6. The van der Waals surface area contributed by atoms with Crippen LogP contribution in [-0.4, -0.2) is 13.2 Å². The Labute approximate surface area is 151 Å². The third-order valence-corrected chi connectivity index (χ3v) is 3.99. The highest BCUT2D eigenvalue weighted by atomic mass is 19.2. The van der Waals surface area contributed by atoms with E-state index in [4.69, 9.17) is 9.47 Å². The van der Waals surface area contributed by atoms with Gasteiger partial charge in [0, 0.05) is 11.1 Å². The van der Waals surface area contributed by atoms with Crippen LogP contribution in [0.2, 0.25) is 0 Å². The number of hydrogen-bond donors (Lipinski definition) is 0. The second kappa shape index (κ2) is 8.00. The van der Waals surface area contributed by atoms with E-state index in [-0.39, 0.29) is 11.1 Å². The van der Waals surface area contributed by atoms with Gasteiger partial charge in [0.15, 0.2) is 11.7 Å². The molecule has 0 N–H and O–H groups in total. The molecule has 26 heavy (non-hydrogen) atoms. The molecule has 0 spiro atoms. The van der Waals surface area contributed by atoms with E-state index in [1.54, 1.807) is 30.3 Å². The molecular weight excluding hydrogens is 334 g/mol. The molecule has 0 amide bonds. The van der Waals surface area contributed by atoms with Crippen molar-refractivity contribution in [3.05, 3.63) is 71.8 Å². The fourth-order valence-electron chi connectivity index (χ4n) is 2.73. The topological polar surface area (TPSA) is 18.5 Å². The Kier molecular flexibility index (Phi) is 5.52. The summed E-state index contributed by atoms with van der Waals surface area (Å²) in [5, 5.41) is 1.73. The Morgan fingerprint density at radius 3 is 1.85 bits per heavy atom. The number of halogens is 2. The van der Waals surface area contributed by atoms with E-state index >= 15 is 0 Å². The molecule has 3 rings (SSSR count). The fourth-order valence-corrected chi connectivity index (χ4v) is 2.73. The Morgan fingerprint density at radius 2 is 1.15 bits per heavy atom. The van der Waals surface area contributed by atoms with Crippen LogP contribution in [0.5, 0.6) is 11.5 Å². The van der Waals surface area contributed by atoms with E-state index in [9.17, 15) is 8.78 Å². The summed E-state index contributed by atoms with van der Waals surface area (Å²) in [6.45, 7) is 4.88. The van der Waals surface area contributed by atoms with E-state index in [0.29, 0.717) is 19.0 Å². The van der Waals surface area contributed by atoms with Crippen molar-refractivity contribution in [2.24, 2.45) is 0 Å². The zero-order valence-electron chi connectivity index (χ0n) is 14.8. The van der Waals surface area contributed by atoms with Crippen molar-refractivity contribution in [2.75, 3.05) is 13.2 Å². The zero-order valence-corrected chi connectivity index (χ0v) is 14.8. The SMILES string of the molecule is CCOc1ccc(C(F)=C(F)c2ccc3cc(OCC)ccc3c2)cc1. The first kappa shape index (κ1) is 17.9. The lowest BCUT2D eigenvalue weighted by Crippen LogP contribution is -1.92. The van der Waals surface area contributed by atoms with Crippen molar-refractivity contribution >= 4 is 22.4 Å². The highest BCUT2D eigenvalue weighted by molar-refractivity contribution is 5.90. The predicted molar refractivity (Wildman–Crippen MR) is 102 cm³/mol. The average molecular weight is 354 g/mol. The van der Waals surface area contributed by atoms with Crippen molar-refractivity contribution in [3.63, 3.8) is 0 Å². The number of rotatable bonds is 6. The van der Waals surface area contributed by atoms with Crippen molar-refractivity contribution in [1.82, 2.24) is 0 Å². The fraction of sp³-hybridized carbons (Fsp3) is 0.182. The highest BCUT2D eigenvalue weighted by Crippen LogP contribution is 2.32. The smallest absolute Gasteiger partial charge is 0.166 e. The van der Waals surface area contributed by atoms with Gasteiger partial charge in [-0.1, -0.05) is 18.2 Å². The summed E-state index contributed by atoms with van der Waals surface area (Å²) in [6, 6.07) is 16.8. The second-order valence-electron chi connectivity index (χ2n) is 5.74. The minimum atomic E-state index is -0.890. The third kappa shape index (κ3) is 3.85. The Hall–Kier alpha value is -2.88. The Bertz CT molecular complexity index is 931. The third-order valence-electron chi connectivity index (χ3n) is 3.99. The van der Waals surface area contributed by atoms with Gasteiger partial charge >= 0.3 is 0 Å². The minimum Gasteiger partial charge on any atom is -0.494 e. The van der Waals surface area contributed by atoms with Gasteiger partial charge in [-0.2, -0.15) is 0 Å². The van der Waals surface area contributed by atoms with Gasteiger partial charge in [0.1, 0.15) is 11.5 Å². The van der Waals surface area contributed by atoms with E-state index in [0.717, 1.165) is 16.5 Å². The van der Waals surface area contributed by atoms with Crippen molar-refractivity contribution in [2.45, 2.75) is 13.8 Å². The van der Waals surface area contributed by atoms with Crippen LogP contribution in [0.25, 0.3) is 22.4 Å². The largest absolute Gasteiger partial charge is 0.494 e. The van der Waals surface area contributed by atoms with Crippen molar-refractivity contribution in [1.29, 1.82) is 0 Å². The second-order valence-corrected chi connectivity index (χ2v) is 5.74. The van der Waals surface area contributed by atoms with Gasteiger partial charge in [0.05, 0.1) is 13.2 Å². The molecular formula is C22H20F2O2. The van der Waals surface area contributed by atoms with E-state index in [2.05, 4.69) is 0 Å². The Balaban J connectivity index is 1.93. The maximum absolute atomic E-state index is 14.6. The van der Waals surface area contributed by atoms with Crippen molar-refractivity contribution in [3.8, 4) is 11.5 Å². The molecule has 0 aliphatic carbocycles. The van der Waals surface area contributed by atoms with Crippen molar-refractivity contribution < 1.29 is 18.3 Å². The number of hydrogen-bond acceptors (Lipinski definition) is 2. The molecule has 0 aliphatic rings. The zero-order chi connectivity index (χ0) is 18.5. The lowest BCUT2D eigenvalue weighted by Gasteiger charge is -2.07. The molecule has 134 valence electrons. The number of ether oxygens (including phenoxy) is 2. The molecule has 4 heteroatoms. The van der Waals surface area contributed by atoms with Gasteiger partial charge < -0.3 is 9.47 Å². The summed E-state index contributed by atoms with van der Waals surface area (Å²) in [4.78, 5) is 0. The standard InChI is InChI=1S/C22H20F2O2/c1-3-25-19-10-7-15(8-11-19)21(23)22(24)18-6-5-17-14-20(26-4-2)12-9-16(17)13-18/h5-14H,3-4H2,1-2H3. The summed E-state index contributed by atoms with van der Waals surface area (Å²) in [6.07, 6.45) is 0. The van der Waals surface area contributed by atoms with Crippen LogP contribution in [0.4, 0.5) is 8.78 Å². The predicted octanol–water partition coefficient (Wildman–Crippen LogP) is 6.40. The maximum Gasteiger partial charge on any atom is 0.166 e. The monoisotopic (exact) mass is 354 g/mol. The molecule has 0 aromatic heterocycles. The van der Waals surface area contributed by atoms with E-state index in [1.165, 1.54) is 12.1 Å². The number of benzene rings is 3. The molecule has 0 heterocycles. The van der Waals surface area contributed by atoms with Crippen LogP contribution in [0, 0.1) is 0 Å². The molecule has 0 saturated heterocycles. The Morgan fingerprint density at radius 1 is 0.654 bits per heavy atom. The van der Waals surface area contributed by atoms with Crippen LogP contribution in [0.15, 0.2) is 60.7 Å². The van der Waals surface area contributed by atoms with Crippen LogP contribution in [-0.2, 0) is 0 Å². The van der Waals surface area contributed by atoms with Gasteiger partial charge in [0.25, 0.3) is 0 Å². The molecule has 0 unspecified atom stereocenters. The summed E-state index contributed by atoms with van der Waals surface area (Å²) in [7, 11) is 0. The summed E-state index contributed by atoms with van der Waals surface area (Å²) < 4.78 is 40.0. The van der Waals surface area contributed by atoms with E-state index in [1.807, 2.05) is 32.0 Å². The molecule has 3 aromatic carbocycles. The number of fused-ring (bicyclic) bond motifs is 1. The van der Waals surface area contributed by atoms with E-state index < -0.39 is 11.7 Å². The van der Waals surface area contributed by atoms with Gasteiger partial charge in [0.2, 0.25) is 0 Å². The first-order valence-corrected chi connectivity index (χ1v) is 8.58.